The van der Waals surface area contributed by atoms with E-state index < -0.39 is 11.0 Å². The third-order valence-corrected chi connectivity index (χ3v) is 2.82. The predicted molar refractivity (Wildman–Crippen MR) is 69.1 cm³/mol. The maximum Gasteiger partial charge on any atom is 0.270 e. The molecule has 0 fully saturated rings. The van der Waals surface area contributed by atoms with Crippen LogP contribution in [0.5, 0.6) is 5.75 Å². The Hall–Kier alpha value is -2.48. The van der Waals surface area contributed by atoms with Crippen LogP contribution >= 0.6 is 0 Å². The topological polar surface area (TPSA) is 103 Å². The van der Waals surface area contributed by atoms with Gasteiger partial charge in [-0.15, -0.1) is 0 Å². The maximum absolute atomic E-state index is 10.7. The summed E-state index contributed by atoms with van der Waals surface area (Å²) in [5.74, 6) is 0.994. The van der Waals surface area contributed by atoms with Crippen LogP contribution < -0.4 is 4.74 Å². The average molecular weight is 278 g/mol. The normalized spacial score (nSPS) is 12.2. The molecule has 8 heteroatoms. The summed E-state index contributed by atoms with van der Waals surface area (Å²) in [7, 11) is 1.73. The van der Waals surface area contributed by atoms with Gasteiger partial charge in [0.15, 0.2) is 5.82 Å². The number of aromatic nitrogens is 3. The lowest BCUT2D eigenvalue weighted by atomic mass is 10.1. The van der Waals surface area contributed by atoms with Gasteiger partial charge < -0.3 is 9.84 Å². The van der Waals surface area contributed by atoms with Crippen molar-refractivity contribution in [1.29, 1.82) is 0 Å². The highest BCUT2D eigenvalue weighted by Gasteiger charge is 2.16. The Morgan fingerprint density at radius 3 is 2.85 bits per heavy atom. The standard InChI is InChI=1S/C12H14N4O4/c1-8(17)10-5-9(16(18)19)3-4-11(10)20-6-12-13-7-14-15(12)2/h3-5,7-8,17H,6H2,1-2H3. The molecule has 106 valence electrons. The van der Waals surface area contributed by atoms with Gasteiger partial charge in [0.1, 0.15) is 18.7 Å². The van der Waals surface area contributed by atoms with Crippen LogP contribution in [0.15, 0.2) is 24.5 Å². The first-order chi connectivity index (χ1) is 9.49. The molecule has 1 heterocycles. The molecular formula is C12H14N4O4. The molecule has 0 saturated carbocycles. The number of benzene rings is 1. The van der Waals surface area contributed by atoms with Crippen molar-refractivity contribution >= 4 is 5.69 Å². The van der Waals surface area contributed by atoms with E-state index in [1.807, 2.05) is 0 Å². The van der Waals surface area contributed by atoms with Crippen LogP contribution in [-0.4, -0.2) is 24.8 Å². The minimum absolute atomic E-state index is 0.0908. The van der Waals surface area contributed by atoms with E-state index in [0.717, 1.165) is 0 Å². The average Bonchev–Trinajstić information content (AvgIpc) is 2.81. The van der Waals surface area contributed by atoms with Crippen LogP contribution in [0.4, 0.5) is 5.69 Å². The number of aryl methyl sites for hydroxylation is 1. The lowest BCUT2D eigenvalue weighted by Crippen LogP contribution is -2.06. The first kappa shape index (κ1) is 13.9. The molecule has 20 heavy (non-hydrogen) atoms. The zero-order valence-electron chi connectivity index (χ0n) is 11.1. The summed E-state index contributed by atoms with van der Waals surface area (Å²) in [5, 5.41) is 24.3. The zero-order valence-corrected chi connectivity index (χ0v) is 11.1. The number of nitrogens with zero attached hydrogens (tertiary/aromatic N) is 4. The van der Waals surface area contributed by atoms with Crippen molar-refractivity contribution in [2.24, 2.45) is 7.05 Å². The van der Waals surface area contributed by atoms with Crippen LogP contribution in [0.25, 0.3) is 0 Å². The van der Waals surface area contributed by atoms with E-state index in [1.54, 1.807) is 11.7 Å². The van der Waals surface area contributed by atoms with Crippen molar-refractivity contribution in [3.05, 3.63) is 46.0 Å². The Kier molecular flexibility index (Phi) is 3.94. The number of hydrogen-bond acceptors (Lipinski definition) is 6. The second kappa shape index (κ2) is 5.66. The van der Waals surface area contributed by atoms with E-state index in [9.17, 15) is 15.2 Å². The van der Waals surface area contributed by atoms with Gasteiger partial charge in [-0.1, -0.05) is 0 Å². The van der Waals surface area contributed by atoms with Gasteiger partial charge in [-0.2, -0.15) is 5.10 Å². The molecule has 1 aromatic heterocycles. The van der Waals surface area contributed by atoms with Gasteiger partial charge >= 0.3 is 0 Å². The molecule has 2 aromatic rings. The summed E-state index contributed by atoms with van der Waals surface area (Å²) in [4.78, 5) is 14.2. The molecular weight excluding hydrogens is 264 g/mol. The summed E-state index contributed by atoms with van der Waals surface area (Å²) in [5.41, 5.74) is 0.272. The number of nitro benzene ring substituents is 1. The number of non-ortho nitro benzene ring substituents is 1. The van der Waals surface area contributed by atoms with E-state index >= 15 is 0 Å². The van der Waals surface area contributed by atoms with Gasteiger partial charge in [-0.3, -0.25) is 14.8 Å². The van der Waals surface area contributed by atoms with E-state index in [2.05, 4.69) is 10.1 Å². The Labute approximate surface area is 114 Å². The smallest absolute Gasteiger partial charge is 0.270 e. The van der Waals surface area contributed by atoms with Gasteiger partial charge in [-0.25, -0.2) is 4.98 Å². The van der Waals surface area contributed by atoms with Gasteiger partial charge in [0.2, 0.25) is 0 Å². The summed E-state index contributed by atoms with van der Waals surface area (Å²) in [6.07, 6.45) is 0.536. The van der Waals surface area contributed by atoms with Gasteiger partial charge in [0.25, 0.3) is 5.69 Å². The van der Waals surface area contributed by atoms with Crippen LogP contribution in [0, 0.1) is 10.1 Å². The highest BCUT2D eigenvalue weighted by atomic mass is 16.6. The fourth-order valence-corrected chi connectivity index (χ4v) is 1.70. The molecule has 1 unspecified atom stereocenters. The van der Waals surface area contributed by atoms with E-state index in [-0.39, 0.29) is 12.3 Å². The largest absolute Gasteiger partial charge is 0.485 e. The SMILES string of the molecule is CC(O)c1cc([N+](=O)[O-])ccc1OCc1ncnn1C. The molecule has 1 atom stereocenters. The Bertz CT molecular complexity index is 624. The number of ether oxygens (including phenoxy) is 1. The van der Waals surface area contributed by atoms with Crippen molar-refractivity contribution in [2.75, 3.05) is 0 Å². The van der Waals surface area contributed by atoms with Crippen molar-refractivity contribution in [3.8, 4) is 5.75 Å². The van der Waals surface area contributed by atoms with Crippen molar-refractivity contribution in [2.45, 2.75) is 19.6 Å². The monoisotopic (exact) mass is 278 g/mol. The third kappa shape index (κ3) is 2.91. The highest BCUT2D eigenvalue weighted by molar-refractivity contribution is 5.44. The minimum Gasteiger partial charge on any atom is -0.485 e. The second-order valence-electron chi connectivity index (χ2n) is 4.24. The molecule has 1 N–H and O–H groups in total. The predicted octanol–water partition coefficient (Wildman–Crippen LogP) is 1.36. The summed E-state index contributed by atoms with van der Waals surface area (Å²) in [6, 6.07) is 4.10. The first-order valence-corrected chi connectivity index (χ1v) is 5.91. The Morgan fingerprint density at radius 2 is 2.30 bits per heavy atom. The first-order valence-electron chi connectivity index (χ1n) is 5.91. The van der Waals surface area contributed by atoms with Crippen LogP contribution in [-0.2, 0) is 13.7 Å². The lowest BCUT2D eigenvalue weighted by Gasteiger charge is -2.12. The molecule has 0 aliphatic heterocycles. The quantitative estimate of drug-likeness (QED) is 0.654. The molecule has 0 bridgehead atoms. The molecule has 0 spiro atoms. The zero-order chi connectivity index (χ0) is 14.7. The number of aliphatic hydroxyl groups excluding tert-OH is 1. The summed E-state index contributed by atoms with van der Waals surface area (Å²) < 4.78 is 7.12. The molecule has 0 amide bonds. The molecule has 2 rings (SSSR count). The van der Waals surface area contributed by atoms with Crippen molar-refractivity contribution in [1.82, 2.24) is 14.8 Å². The van der Waals surface area contributed by atoms with Gasteiger partial charge in [0, 0.05) is 24.7 Å². The fourth-order valence-electron chi connectivity index (χ4n) is 1.70. The minimum atomic E-state index is -0.871. The lowest BCUT2D eigenvalue weighted by molar-refractivity contribution is -0.385. The van der Waals surface area contributed by atoms with Gasteiger partial charge in [0.05, 0.1) is 11.0 Å². The number of hydrogen-bond donors (Lipinski definition) is 1. The fraction of sp³-hybridized carbons (Fsp3) is 0.333. The molecule has 0 aliphatic carbocycles. The second-order valence-corrected chi connectivity index (χ2v) is 4.24. The molecule has 0 radical (unpaired) electrons. The van der Waals surface area contributed by atoms with Crippen LogP contribution in [0.1, 0.15) is 24.4 Å². The molecule has 1 aromatic carbocycles. The maximum atomic E-state index is 10.7. The summed E-state index contributed by atoms with van der Waals surface area (Å²) in [6.45, 7) is 1.68. The van der Waals surface area contributed by atoms with Crippen molar-refractivity contribution in [3.63, 3.8) is 0 Å². The van der Waals surface area contributed by atoms with E-state index in [1.165, 1.54) is 31.5 Å². The molecule has 0 aliphatic rings. The summed E-state index contributed by atoms with van der Waals surface area (Å²) >= 11 is 0. The Balaban J connectivity index is 2.22. The molecule has 0 saturated heterocycles. The van der Waals surface area contributed by atoms with E-state index in [4.69, 9.17) is 4.74 Å². The van der Waals surface area contributed by atoms with Crippen molar-refractivity contribution < 1.29 is 14.8 Å². The highest BCUT2D eigenvalue weighted by Crippen LogP contribution is 2.29. The number of rotatable bonds is 5. The number of aliphatic hydroxyl groups is 1. The van der Waals surface area contributed by atoms with E-state index in [0.29, 0.717) is 17.1 Å². The number of nitro groups is 1. The third-order valence-electron chi connectivity index (χ3n) is 2.82. The van der Waals surface area contributed by atoms with Crippen LogP contribution in [0.2, 0.25) is 0 Å². The van der Waals surface area contributed by atoms with Crippen LogP contribution in [0.3, 0.4) is 0 Å². The molecule has 8 nitrogen and oxygen atoms in total. The Morgan fingerprint density at radius 1 is 1.55 bits per heavy atom. The van der Waals surface area contributed by atoms with Gasteiger partial charge in [-0.05, 0) is 13.0 Å².